The lowest BCUT2D eigenvalue weighted by Gasteiger charge is -2.38. The number of ketones is 2. The lowest BCUT2D eigenvalue weighted by Crippen LogP contribution is -2.40. The van der Waals surface area contributed by atoms with Gasteiger partial charge < -0.3 is 0 Å². The molecule has 0 unspecified atom stereocenters. The monoisotopic (exact) mass is 292 g/mol. The third kappa shape index (κ3) is 3.83. The van der Waals surface area contributed by atoms with Gasteiger partial charge in [0.05, 0.1) is 11.8 Å². The number of hydrogen-bond acceptors (Lipinski definition) is 2. The average Bonchev–Trinajstić information content (AvgIpc) is 2.26. The predicted molar refractivity (Wildman–Crippen MR) is 70.2 cm³/mol. The van der Waals surface area contributed by atoms with E-state index in [9.17, 15) is 22.8 Å². The maximum Gasteiger partial charge on any atom is 0.394 e. The van der Waals surface area contributed by atoms with Crippen molar-refractivity contribution < 1.29 is 22.8 Å². The van der Waals surface area contributed by atoms with Crippen LogP contribution < -0.4 is 0 Å². The molecule has 0 saturated heterocycles. The van der Waals surface area contributed by atoms with Crippen LogP contribution in [0.3, 0.4) is 0 Å². The van der Waals surface area contributed by atoms with E-state index in [0.717, 1.165) is 0 Å². The van der Waals surface area contributed by atoms with Gasteiger partial charge in [-0.25, -0.2) is 0 Å². The molecule has 1 fully saturated rings. The van der Waals surface area contributed by atoms with Gasteiger partial charge in [-0.1, -0.05) is 27.7 Å². The molecule has 0 aliphatic heterocycles. The number of Topliss-reactive ketones (excluding diaryl/α,β-unsaturated/α-hetero) is 2. The quantitative estimate of drug-likeness (QED) is 0.726. The number of rotatable bonds is 3. The second kappa shape index (κ2) is 5.49. The van der Waals surface area contributed by atoms with Crippen LogP contribution in [0.15, 0.2) is 0 Å². The lowest BCUT2D eigenvalue weighted by molar-refractivity contribution is -0.229. The zero-order valence-corrected chi connectivity index (χ0v) is 12.6. The molecule has 0 N–H and O–H groups in total. The molecular formula is C15H23F3O2. The highest BCUT2D eigenvalue weighted by Gasteiger charge is 2.52. The fraction of sp³-hybridized carbons (Fsp3) is 0.867. The number of alkyl halides is 3. The summed E-state index contributed by atoms with van der Waals surface area (Å²) in [6, 6.07) is 0. The molecule has 0 spiro atoms. The van der Waals surface area contributed by atoms with Crippen LogP contribution in [0.2, 0.25) is 0 Å². The molecule has 20 heavy (non-hydrogen) atoms. The molecule has 0 heterocycles. The zero-order valence-electron chi connectivity index (χ0n) is 12.6. The fourth-order valence-corrected chi connectivity index (χ4v) is 2.43. The van der Waals surface area contributed by atoms with Gasteiger partial charge in [0.2, 0.25) is 0 Å². The molecule has 1 aliphatic carbocycles. The van der Waals surface area contributed by atoms with Crippen molar-refractivity contribution in [1.82, 2.24) is 0 Å². The van der Waals surface area contributed by atoms with Crippen LogP contribution in [0.4, 0.5) is 13.2 Å². The Balaban J connectivity index is 2.58. The van der Waals surface area contributed by atoms with Crippen molar-refractivity contribution >= 4 is 11.6 Å². The fourth-order valence-electron chi connectivity index (χ4n) is 2.43. The van der Waals surface area contributed by atoms with E-state index in [1.54, 1.807) is 20.8 Å². The van der Waals surface area contributed by atoms with E-state index >= 15 is 0 Å². The first-order valence-electron chi connectivity index (χ1n) is 6.99. The maximum atomic E-state index is 12.9. The van der Waals surface area contributed by atoms with Crippen LogP contribution in [0, 0.1) is 16.7 Å². The van der Waals surface area contributed by atoms with Crippen molar-refractivity contribution in [1.29, 1.82) is 0 Å². The molecule has 5 heteroatoms. The second-order valence-corrected chi connectivity index (χ2v) is 7.15. The van der Waals surface area contributed by atoms with Crippen molar-refractivity contribution in [3.8, 4) is 0 Å². The summed E-state index contributed by atoms with van der Waals surface area (Å²) in [5.74, 6) is -0.738. The summed E-state index contributed by atoms with van der Waals surface area (Å²) in [6.07, 6.45) is -3.98. The highest BCUT2D eigenvalue weighted by Crippen LogP contribution is 2.50. The van der Waals surface area contributed by atoms with Crippen LogP contribution in [0.1, 0.15) is 59.8 Å². The first-order valence-corrected chi connectivity index (χ1v) is 6.99. The number of hydrogen-bond donors (Lipinski definition) is 0. The highest BCUT2D eigenvalue weighted by atomic mass is 19.4. The van der Waals surface area contributed by atoms with Crippen LogP contribution in [0.5, 0.6) is 0 Å². The summed E-state index contributed by atoms with van der Waals surface area (Å²) < 4.78 is 38.6. The Morgan fingerprint density at radius 1 is 1.10 bits per heavy atom. The van der Waals surface area contributed by atoms with Crippen LogP contribution in [-0.4, -0.2) is 17.7 Å². The van der Waals surface area contributed by atoms with E-state index in [4.69, 9.17) is 0 Å². The van der Waals surface area contributed by atoms with Crippen molar-refractivity contribution in [2.45, 2.75) is 66.0 Å². The van der Waals surface area contributed by atoms with E-state index in [1.807, 2.05) is 0 Å². The molecule has 0 aromatic rings. The number of carbonyl (C=O) groups is 2. The molecule has 0 bridgehead atoms. The minimum Gasteiger partial charge on any atom is -0.299 e. The maximum absolute atomic E-state index is 12.9. The molecule has 1 saturated carbocycles. The minimum atomic E-state index is -4.22. The largest absolute Gasteiger partial charge is 0.394 e. The van der Waals surface area contributed by atoms with Crippen LogP contribution in [0.25, 0.3) is 0 Å². The van der Waals surface area contributed by atoms with Crippen molar-refractivity contribution in [3.63, 3.8) is 0 Å². The number of carbonyl (C=O) groups excluding carboxylic acids is 2. The Hall–Kier alpha value is -0.870. The Morgan fingerprint density at radius 2 is 1.55 bits per heavy atom. The van der Waals surface area contributed by atoms with Crippen LogP contribution >= 0.6 is 0 Å². The third-order valence-electron chi connectivity index (χ3n) is 4.40. The van der Waals surface area contributed by atoms with Gasteiger partial charge in [-0.3, -0.25) is 9.59 Å². The van der Waals surface area contributed by atoms with Gasteiger partial charge in [0, 0.05) is 11.3 Å². The Kier molecular flexibility index (Phi) is 4.72. The van der Waals surface area contributed by atoms with Crippen LogP contribution in [-0.2, 0) is 9.59 Å². The smallest absolute Gasteiger partial charge is 0.299 e. The van der Waals surface area contributed by atoms with Gasteiger partial charge in [-0.05, 0) is 25.7 Å². The van der Waals surface area contributed by atoms with Gasteiger partial charge in [-0.15, -0.1) is 0 Å². The average molecular weight is 292 g/mol. The molecule has 0 radical (unpaired) electrons. The first kappa shape index (κ1) is 17.2. The molecule has 0 amide bonds. The van der Waals surface area contributed by atoms with Gasteiger partial charge in [0.25, 0.3) is 0 Å². The summed E-state index contributed by atoms with van der Waals surface area (Å²) in [5, 5.41) is 0. The standard InChI is InChI=1S/C15H23F3O2/c1-13(2,3)12(20)9-11(19)10-5-7-14(4,8-6-10)15(16,17)18/h10H,5-9H2,1-4H3. The van der Waals surface area contributed by atoms with Gasteiger partial charge in [-0.2, -0.15) is 13.2 Å². The summed E-state index contributed by atoms with van der Waals surface area (Å²) in [5.41, 5.74) is -2.26. The van der Waals surface area contributed by atoms with E-state index in [0.29, 0.717) is 0 Å². The molecule has 1 rings (SSSR count). The third-order valence-corrected chi connectivity index (χ3v) is 4.40. The van der Waals surface area contributed by atoms with Crippen molar-refractivity contribution in [2.24, 2.45) is 16.7 Å². The highest BCUT2D eigenvalue weighted by molar-refractivity contribution is 6.02. The van der Waals surface area contributed by atoms with Crippen molar-refractivity contribution in [2.75, 3.05) is 0 Å². The molecule has 1 aliphatic rings. The van der Waals surface area contributed by atoms with Crippen molar-refractivity contribution in [3.05, 3.63) is 0 Å². The molecule has 2 nitrogen and oxygen atoms in total. The lowest BCUT2D eigenvalue weighted by atomic mass is 9.69. The van der Waals surface area contributed by atoms with E-state index in [-0.39, 0.29) is 43.7 Å². The Morgan fingerprint density at radius 3 is 1.90 bits per heavy atom. The topological polar surface area (TPSA) is 34.1 Å². The summed E-state index contributed by atoms with van der Waals surface area (Å²) >= 11 is 0. The van der Waals surface area contributed by atoms with E-state index in [2.05, 4.69) is 0 Å². The molecule has 116 valence electrons. The van der Waals surface area contributed by atoms with Gasteiger partial charge >= 0.3 is 6.18 Å². The molecule has 0 atom stereocenters. The molecular weight excluding hydrogens is 269 g/mol. The summed E-state index contributed by atoms with van der Waals surface area (Å²) in [7, 11) is 0. The molecule has 0 aromatic carbocycles. The molecule has 0 aromatic heterocycles. The SMILES string of the molecule is CC(C)(C)C(=O)CC(=O)C1CCC(C)(C(F)(F)F)CC1. The zero-order chi connectivity index (χ0) is 15.8. The summed E-state index contributed by atoms with van der Waals surface area (Å²) in [4.78, 5) is 23.8. The Labute approximate surface area is 118 Å². The van der Waals surface area contributed by atoms with E-state index < -0.39 is 22.9 Å². The second-order valence-electron chi connectivity index (χ2n) is 7.15. The van der Waals surface area contributed by atoms with Gasteiger partial charge in [0.15, 0.2) is 0 Å². The number of halogens is 3. The first-order chi connectivity index (χ1) is 8.87. The van der Waals surface area contributed by atoms with Gasteiger partial charge in [0.1, 0.15) is 11.6 Å². The normalized spacial score (nSPS) is 28.2. The van der Waals surface area contributed by atoms with E-state index in [1.165, 1.54) is 6.92 Å². The predicted octanol–water partition coefficient (Wildman–Crippen LogP) is 4.32. The minimum absolute atomic E-state index is 0.0311. The Bertz CT molecular complexity index is 383. The summed E-state index contributed by atoms with van der Waals surface area (Å²) in [6.45, 7) is 6.44.